The number of rotatable bonds is 9. The van der Waals surface area contributed by atoms with Gasteiger partial charge in [0, 0.05) is 31.8 Å². The minimum atomic E-state index is -0.762. The van der Waals surface area contributed by atoms with E-state index in [1.54, 1.807) is 0 Å². The van der Waals surface area contributed by atoms with Crippen molar-refractivity contribution >= 4 is 11.9 Å². The fourth-order valence-electron chi connectivity index (χ4n) is 2.56. The van der Waals surface area contributed by atoms with Crippen molar-refractivity contribution < 1.29 is 14.7 Å². The van der Waals surface area contributed by atoms with Gasteiger partial charge in [-0.2, -0.15) is 5.26 Å². The van der Waals surface area contributed by atoms with Crippen LogP contribution in [0.25, 0.3) is 0 Å². The first kappa shape index (κ1) is 17.4. The average molecular weight is 295 g/mol. The predicted molar refractivity (Wildman–Crippen MR) is 78.5 cm³/mol. The van der Waals surface area contributed by atoms with Crippen molar-refractivity contribution in [3.05, 3.63) is 0 Å². The highest BCUT2D eigenvalue weighted by Crippen LogP contribution is 2.17. The second-order valence-corrected chi connectivity index (χ2v) is 5.52. The molecule has 1 amide bonds. The Morgan fingerprint density at radius 2 is 1.95 bits per heavy atom. The number of carboxylic acid groups (broad SMARTS) is 1. The largest absolute Gasteiger partial charge is 0.481 e. The highest BCUT2D eigenvalue weighted by atomic mass is 16.4. The van der Waals surface area contributed by atoms with Gasteiger partial charge >= 0.3 is 5.97 Å². The third-order valence-corrected chi connectivity index (χ3v) is 3.86. The van der Waals surface area contributed by atoms with Gasteiger partial charge in [-0.3, -0.25) is 9.59 Å². The van der Waals surface area contributed by atoms with Crippen molar-refractivity contribution in [1.82, 2.24) is 10.2 Å². The van der Waals surface area contributed by atoms with Crippen LogP contribution in [0.15, 0.2) is 0 Å². The van der Waals surface area contributed by atoms with Crippen LogP contribution in [0.1, 0.15) is 44.9 Å². The molecule has 0 spiro atoms. The number of nitrogens with zero attached hydrogens (tertiary/aromatic N) is 2. The summed E-state index contributed by atoms with van der Waals surface area (Å²) in [6, 6.07) is 2.14. The highest BCUT2D eigenvalue weighted by molar-refractivity contribution is 5.78. The predicted octanol–water partition coefficient (Wildman–Crippen LogP) is 1.37. The lowest BCUT2D eigenvalue weighted by Crippen LogP contribution is -2.41. The van der Waals surface area contributed by atoms with Crippen molar-refractivity contribution in [1.29, 1.82) is 5.26 Å². The molecule has 0 aromatic carbocycles. The molecule has 1 heterocycles. The van der Waals surface area contributed by atoms with Gasteiger partial charge in [-0.1, -0.05) is 6.42 Å². The summed E-state index contributed by atoms with van der Waals surface area (Å²) < 4.78 is 0. The third kappa shape index (κ3) is 7.66. The first-order chi connectivity index (χ1) is 10.1. The Morgan fingerprint density at radius 3 is 2.57 bits per heavy atom. The summed E-state index contributed by atoms with van der Waals surface area (Å²) in [5.74, 6) is -0.558. The summed E-state index contributed by atoms with van der Waals surface area (Å²) >= 11 is 0. The molecule has 6 heteroatoms. The van der Waals surface area contributed by atoms with Crippen molar-refractivity contribution in [2.75, 3.05) is 26.2 Å². The lowest BCUT2D eigenvalue weighted by molar-refractivity contribution is -0.137. The Kier molecular flexibility index (Phi) is 8.44. The topological polar surface area (TPSA) is 93.4 Å². The molecule has 1 aliphatic rings. The van der Waals surface area contributed by atoms with Crippen LogP contribution < -0.4 is 5.32 Å². The molecule has 0 bridgehead atoms. The van der Waals surface area contributed by atoms with E-state index in [4.69, 9.17) is 10.4 Å². The van der Waals surface area contributed by atoms with E-state index in [1.165, 1.54) is 0 Å². The SMILES string of the molecule is N#CCCN1CCC(C(=O)NCCCCCC(=O)O)CC1. The number of aliphatic carboxylic acids is 1. The van der Waals surface area contributed by atoms with Gasteiger partial charge in [-0.25, -0.2) is 0 Å². The summed E-state index contributed by atoms with van der Waals surface area (Å²) in [6.07, 6.45) is 4.80. The van der Waals surface area contributed by atoms with E-state index < -0.39 is 5.97 Å². The van der Waals surface area contributed by atoms with Gasteiger partial charge in [0.15, 0.2) is 0 Å². The Bertz CT molecular complexity index is 371. The van der Waals surface area contributed by atoms with Crippen molar-refractivity contribution in [3.63, 3.8) is 0 Å². The van der Waals surface area contributed by atoms with Gasteiger partial charge in [0.2, 0.25) is 5.91 Å². The quantitative estimate of drug-likeness (QED) is 0.627. The monoisotopic (exact) mass is 295 g/mol. The molecular formula is C15H25N3O3. The molecule has 21 heavy (non-hydrogen) atoms. The van der Waals surface area contributed by atoms with Gasteiger partial charge in [0.05, 0.1) is 6.07 Å². The Labute approximate surface area is 126 Å². The van der Waals surface area contributed by atoms with Crippen LogP contribution in [0.4, 0.5) is 0 Å². The molecule has 0 aromatic rings. The number of nitrogens with one attached hydrogen (secondary N) is 1. The molecule has 0 saturated carbocycles. The zero-order valence-corrected chi connectivity index (χ0v) is 12.5. The van der Waals surface area contributed by atoms with E-state index in [-0.39, 0.29) is 18.2 Å². The van der Waals surface area contributed by atoms with E-state index in [2.05, 4.69) is 16.3 Å². The number of hydrogen-bond donors (Lipinski definition) is 2. The minimum Gasteiger partial charge on any atom is -0.481 e. The van der Waals surface area contributed by atoms with Crippen molar-refractivity contribution in [2.45, 2.75) is 44.9 Å². The van der Waals surface area contributed by atoms with E-state index in [0.717, 1.165) is 45.3 Å². The number of hydrogen-bond acceptors (Lipinski definition) is 4. The molecule has 118 valence electrons. The van der Waals surface area contributed by atoms with Gasteiger partial charge in [-0.05, 0) is 38.8 Å². The molecule has 0 atom stereocenters. The number of carbonyl (C=O) groups excluding carboxylic acids is 1. The second-order valence-electron chi connectivity index (χ2n) is 5.52. The Morgan fingerprint density at radius 1 is 1.24 bits per heavy atom. The maximum atomic E-state index is 12.0. The van der Waals surface area contributed by atoms with Crippen LogP contribution in [-0.2, 0) is 9.59 Å². The Hall–Kier alpha value is -1.61. The smallest absolute Gasteiger partial charge is 0.303 e. The van der Waals surface area contributed by atoms with E-state index in [1.807, 2.05) is 0 Å². The number of carboxylic acids is 1. The fraction of sp³-hybridized carbons (Fsp3) is 0.800. The number of nitriles is 1. The number of amides is 1. The van der Waals surface area contributed by atoms with Crippen molar-refractivity contribution in [2.24, 2.45) is 5.92 Å². The molecule has 1 aliphatic heterocycles. The number of piperidine rings is 1. The zero-order valence-electron chi connectivity index (χ0n) is 12.5. The fourth-order valence-corrected chi connectivity index (χ4v) is 2.56. The summed E-state index contributed by atoms with van der Waals surface area (Å²) in [7, 11) is 0. The Balaban J connectivity index is 2.06. The number of unbranched alkanes of at least 4 members (excludes halogenated alkanes) is 2. The lowest BCUT2D eigenvalue weighted by Gasteiger charge is -2.30. The second kappa shape index (κ2) is 10.2. The number of likely N-dealkylation sites (tertiary alicyclic amines) is 1. The summed E-state index contributed by atoms with van der Waals surface area (Å²) in [4.78, 5) is 24.6. The standard InChI is InChI=1S/C15H25N3O3/c16-8-4-10-18-11-6-13(7-12-18)15(21)17-9-3-1-2-5-14(19)20/h13H,1-7,9-12H2,(H,17,21)(H,19,20). The maximum absolute atomic E-state index is 12.0. The van der Waals surface area contributed by atoms with Crippen molar-refractivity contribution in [3.8, 4) is 6.07 Å². The lowest BCUT2D eigenvalue weighted by atomic mass is 9.96. The highest BCUT2D eigenvalue weighted by Gasteiger charge is 2.24. The van der Waals surface area contributed by atoms with E-state index in [9.17, 15) is 9.59 Å². The van der Waals surface area contributed by atoms with Gasteiger partial charge < -0.3 is 15.3 Å². The first-order valence-electron chi connectivity index (χ1n) is 7.72. The summed E-state index contributed by atoms with van der Waals surface area (Å²) in [6.45, 7) is 3.21. The minimum absolute atomic E-state index is 0.0855. The van der Waals surface area contributed by atoms with Gasteiger partial charge in [0.1, 0.15) is 0 Å². The van der Waals surface area contributed by atoms with Gasteiger partial charge in [-0.15, -0.1) is 0 Å². The molecule has 6 nitrogen and oxygen atoms in total. The molecule has 0 radical (unpaired) electrons. The molecule has 1 saturated heterocycles. The van der Waals surface area contributed by atoms with Gasteiger partial charge in [0.25, 0.3) is 0 Å². The molecule has 0 aromatic heterocycles. The molecular weight excluding hydrogens is 270 g/mol. The molecule has 0 unspecified atom stereocenters. The number of carbonyl (C=O) groups is 2. The molecule has 1 rings (SSSR count). The maximum Gasteiger partial charge on any atom is 0.303 e. The average Bonchev–Trinajstić information content (AvgIpc) is 2.48. The zero-order chi connectivity index (χ0) is 15.5. The first-order valence-corrected chi connectivity index (χ1v) is 7.72. The van der Waals surface area contributed by atoms with Crippen LogP contribution in [0.3, 0.4) is 0 Å². The van der Waals surface area contributed by atoms with E-state index in [0.29, 0.717) is 19.4 Å². The van der Waals surface area contributed by atoms with Crippen LogP contribution in [0.2, 0.25) is 0 Å². The molecule has 2 N–H and O–H groups in total. The normalized spacial score (nSPS) is 16.3. The van der Waals surface area contributed by atoms with Crippen LogP contribution >= 0.6 is 0 Å². The molecule has 1 fully saturated rings. The molecule has 0 aliphatic carbocycles. The van der Waals surface area contributed by atoms with Crippen LogP contribution in [0.5, 0.6) is 0 Å². The summed E-state index contributed by atoms with van der Waals surface area (Å²) in [5, 5.41) is 20.0. The van der Waals surface area contributed by atoms with Crippen LogP contribution in [0, 0.1) is 17.2 Å². The third-order valence-electron chi connectivity index (χ3n) is 3.86. The van der Waals surface area contributed by atoms with E-state index >= 15 is 0 Å². The van der Waals surface area contributed by atoms with Crippen LogP contribution in [-0.4, -0.2) is 48.1 Å². The summed E-state index contributed by atoms with van der Waals surface area (Å²) in [5.41, 5.74) is 0.